The van der Waals surface area contributed by atoms with Crippen LogP contribution in [-0.4, -0.2) is 11.7 Å². The maximum absolute atomic E-state index is 12.6. The van der Waals surface area contributed by atoms with Gasteiger partial charge in [0, 0.05) is 0 Å². The molecule has 2 aromatic carbocycles. The van der Waals surface area contributed by atoms with Crippen molar-refractivity contribution in [2.24, 2.45) is 0 Å². The summed E-state index contributed by atoms with van der Waals surface area (Å²) >= 11 is 6.23. The van der Waals surface area contributed by atoms with E-state index in [1.54, 1.807) is 12.1 Å². The number of nitrogens with one attached hydrogen (secondary N) is 1. The smallest absolute Gasteiger partial charge is 0.289 e. The fourth-order valence-corrected chi connectivity index (χ4v) is 2.70. The molecule has 2 nitrogen and oxygen atoms in total. The fraction of sp³-hybridized carbons (Fsp3) is 0.133. The highest BCUT2D eigenvalue weighted by Crippen LogP contribution is 2.37. The summed E-state index contributed by atoms with van der Waals surface area (Å²) in [6.07, 6.45) is 0.173. The summed E-state index contributed by atoms with van der Waals surface area (Å²) in [6.45, 7) is 0. The summed E-state index contributed by atoms with van der Waals surface area (Å²) in [6, 6.07) is 13.9. The van der Waals surface area contributed by atoms with Gasteiger partial charge in [0.25, 0.3) is 5.76 Å². The van der Waals surface area contributed by atoms with Gasteiger partial charge in [0.15, 0.2) is 0 Å². The van der Waals surface area contributed by atoms with E-state index in [1.165, 1.54) is 6.07 Å². The Morgan fingerprint density at radius 1 is 1.14 bits per heavy atom. The van der Waals surface area contributed by atoms with E-state index < -0.39 is 5.76 Å². The molecule has 110 valence electrons. The average molecular weight is 328 g/mol. The van der Waals surface area contributed by atoms with Crippen molar-refractivity contribution >= 4 is 35.0 Å². The molecule has 0 saturated heterocycles. The number of benzene rings is 2. The minimum Gasteiger partial charge on any atom is -0.325 e. The van der Waals surface area contributed by atoms with Gasteiger partial charge in [-0.15, -0.1) is 0 Å². The lowest BCUT2D eigenvalue weighted by Crippen LogP contribution is -2.15. The first-order chi connectivity index (χ1) is 10.1. The molecular formula is C15H12ClF2NOS. The van der Waals surface area contributed by atoms with Crippen molar-refractivity contribution in [2.75, 3.05) is 5.32 Å². The average Bonchev–Trinajstić information content (AvgIpc) is 2.43. The Morgan fingerprint density at radius 2 is 1.86 bits per heavy atom. The topological polar surface area (TPSA) is 29.1 Å². The van der Waals surface area contributed by atoms with Crippen molar-refractivity contribution in [3.8, 4) is 0 Å². The molecule has 21 heavy (non-hydrogen) atoms. The summed E-state index contributed by atoms with van der Waals surface area (Å²) in [7, 11) is 0. The van der Waals surface area contributed by atoms with Crippen LogP contribution in [0.4, 0.5) is 14.5 Å². The van der Waals surface area contributed by atoms with Crippen LogP contribution in [0.3, 0.4) is 0 Å². The van der Waals surface area contributed by atoms with Crippen LogP contribution in [0.1, 0.15) is 5.56 Å². The van der Waals surface area contributed by atoms with Crippen LogP contribution >= 0.6 is 23.4 Å². The molecule has 2 rings (SSSR count). The Bertz CT molecular complexity index is 622. The second-order valence-electron chi connectivity index (χ2n) is 4.21. The van der Waals surface area contributed by atoms with Crippen molar-refractivity contribution in [3.63, 3.8) is 0 Å². The minimum atomic E-state index is -2.60. The van der Waals surface area contributed by atoms with Crippen LogP contribution in [0, 0.1) is 0 Å². The Balaban J connectivity index is 2.12. The predicted octanol–water partition coefficient (Wildman–Crippen LogP) is 4.84. The van der Waals surface area contributed by atoms with Gasteiger partial charge in [-0.2, -0.15) is 8.78 Å². The van der Waals surface area contributed by atoms with E-state index in [9.17, 15) is 13.6 Å². The van der Waals surface area contributed by atoms with E-state index >= 15 is 0 Å². The van der Waals surface area contributed by atoms with Gasteiger partial charge in [0.1, 0.15) is 0 Å². The second-order valence-corrected chi connectivity index (χ2v) is 5.61. The first kappa shape index (κ1) is 15.8. The van der Waals surface area contributed by atoms with E-state index in [2.05, 4.69) is 5.32 Å². The fourth-order valence-electron chi connectivity index (χ4n) is 1.79. The molecule has 0 aliphatic heterocycles. The van der Waals surface area contributed by atoms with Gasteiger partial charge in [-0.3, -0.25) is 4.79 Å². The molecule has 0 spiro atoms. The molecule has 0 radical (unpaired) electrons. The minimum absolute atomic E-state index is 0.173. The molecular weight excluding hydrogens is 316 g/mol. The Kier molecular flexibility index (Phi) is 5.59. The molecule has 1 amide bonds. The molecule has 6 heteroatoms. The lowest BCUT2D eigenvalue weighted by Gasteiger charge is -2.12. The van der Waals surface area contributed by atoms with E-state index in [0.717, 1.165) is 5.56 Å². The zero-order valence-electron chi connectivity index (χ0n) is 10.9. The SMILES string of the molecule is O=C(Cc1ccccc1)Nc1cccc(Cl)c1SC(F)F. The number of amides is 1. The van der Waals surface area contributed by atoms with E-state index in [0.29, 0.717) is 17.4 Å². The maximum Gasteiger partial charge on any atom is 0.289 e. The first-order valence-corrected chi connectivity index (χ1v) is 7.39. The monoisotopic (exact) mass is 327 g/mol. The van der Waals surface area contributed by atoms with E-state index in [-0.39, 0.29) is 22.2 Å². The number of hydrogen-bond acceptors (Lipinski definition) is 2. The van der Waals surface area contributed by atoms with Crippen molar-refractivity contribution in [1.29, 1.82) is 0 Å². The Hall–Kier alpha value is -1.59. The van der Waals surface area contributed by atoms with Crippen molar-refractivity contribution in [2.45, 2.75) is 17.1 Å². The third-order valence-electron chi connectivity index (χ3n) is 2.66. The summed E-state index contributed by atoms with van der Waals surface area (Å²) < 4.78 is 25.1. The van der Waals surface area contributed by atoms with Crippen LogP contribution in [0.25, 0.3) is 0 Å². The summed E-state index contributed by atoms with van der Waals surface area (Å²) in [5, 5.41) is 2.82. The third-order valence-corrected chi connectivity index (χ3v) is 3.94. The van der Waals surface area contributed by atoms with Crippen LogP contribution in [-0.2, 0) is 11.2 Å². The molecule has 0 saturated carbocycles. The van der Waals surface area contributed by atoms with Crippen LogP contribution in [0.5, 0.6) is 0 Å². The van der Waals surface area contributed by atoms with Gasteiger partial charge in [0.05, 0.1) is 22.0 Å². The number of alkyl halides is 2. The lowest BCUT2D eigenvalue weighted by atomic mass is 10.1. The van der Waals surface area contributed by atoms with Gasteiger partial charge >= 0.3 is 0 Å². The summed E-state index contributed by atoms with van der Waals surface area (Å²) in [4.78, 5) is 12.2. The van der Waals surface area contributed by atoms with Crippen LogP contribution in [0.15, 0.2) is 53.4 Å². The standard InChI is InChI=1S/C15H12ClF2NOS/c16-11-7-4-8-12(14(11)21-15(17)18)19-13(20)9-10-5-2-1-3-6-10/h1-8,15H,9H2,(H,19,20). The molecule has 0 heterocycles. The highest BCUT2D eigenvalue weighted by molar-refractivity contribution is 7.99. The second kappa shape index (κ2) is 7.43. The van der Waals surface area contributed by atoms with Crippen LogP contribution < -0.4 is 5.32 Å². The zero-order chi connectivity index (χ0) is 15.2. The van der Waals surface area contributed by atoms with Gasteiger partial charge in [-0.25, -0.2) is 0 Å². The molecule has 0 fully saturated rings. The quantitative estimate of drug-likeness (QED) is 0.796. The Labute approximate surface area is 130 Å². The summed E-state index contributed by atoms with van der Waals surface area (Å²) in [5.74, 6) is -2.88. The zero-order valence-corrected chi connectivity index (χ0v) is 12.4. The van der Waals surface area contributed by atoms with E-state index in [1.807, 2.05) is 30.3 Å². The molecule has 0 atom stereocenters. The molecule has 0 bridgehead atoms. The first-order valence-electron chi connectivity index (χ1n) is 6.13. The van der Waals surface area contributed by atoms with Crippen LogP contribution in [0.2, 0.25) is 5.02 Å². The third kappa shape index (κ3) is 4.72. The van der Waals surface area contributed by atoms with Gasteiger partial charge in [0.2, 0.25) is 5.91 Å². The van der Waals surface area contributed by atoms with E-state index in [4.69, 9.17) is 11.6 Å². The highest BCUT2D eigenvalue weighted by Gasteiger charge is 2.15. The number of rotatable bonds is 5. The lowest BCUT2D eigenvalue weighted by molar-refractivity contribution is -0.115. The molecule has 1 N–H and O–H groups in total. The number of carbonyl (C=O) groups is 1. The Morgan fingerprint density at radius 3 is 2.52 bits per heavy atom. The van der Waals surface area contributed by atoms with Crippen molar-refractivity contribution in [3.05, 3.63) is 59.1 Å². The number of anilines is 1. The summed E-state index contributed by atoms with van der Waals surface area (Å²) in [5.41, 5.74) is 1.15. The number of hydrogen-bond donors (Lipinski definition) is 1. The van der Waals surface area contributed by atoms with Gasteiger partial charge < -0.3 is 5.32 Å². The van der Waals surface area contributed by atoms with Crippen molar-refractivity contribution in [1.82, 2.24) is 0 Å². The van der Waals surface area contributed by atoms with Gasteiger partial charge in [-0.05, 0) is 17.7 Å². The number of thioether (sulfide) groups is 1. The molecule has 2 aromatic rings. The number of carbonyl (C=O) groups excluding carboxylic acids is 1. The maximum atomic E-state index is 12.6. The number of halogens is 3. The predicted molar refractivity (Wildman–Crippen MR) is 82.1 cm³/mol. The molecule has 0 aliphatic rings. The molecule has 0 aliphatic carbocycles. The van der Waals surface area contributed by atoms with Gasteiger partial charge in [-0.1, -0.05) is 59.8 Å². The normalized spacial score (nSPS) is 10.7. The molecule has 0 unspecified atom stereocenters. The largest absolute Gasteiger partial charge is 0.325 e. The van der Waals surface area contributed by atoms with Crippen molar-refractivity contribution < 1.29 is 13.6 Å². The highest BCUT2D eigenvalue weighted by atomic mass is 35.5. The molecule has 0 aromatic heterocycles.